The largest absolute Gasteiger partial charge is 0.508 e. The van der Waals surface area contributed by atoms with Crippen LogP contribution in [0.4, 0.5) is 5.13 Å². The number of rotatable bonds is 3. The molecule has 1 heterocycles. The van der Waals surface area contributed by atoms with Crippen LogP contribution >= 0.6 is 11.3 Å². The van der Waals surface area contributed by atoms with E-state index in [2.05, 4.69) is 17.1 Å². The molecule has 0 unspecified atom stereocenters. The first-order chi connectivity index (χ1) is 10.2. The molecule has 0 aliphatic rings. The predicted molar refractivity (Wildman–Crippen MR) is 88.4 cm³/mol. The van der Waals surface area contributed by atoms with Crippen LogP contribution in [0.5, 0.6) is 5.75 Å². The normalized spacial score (nSPS) is 10.7. The fourth-order valence-electron chi connectivity index (χ4n) is 2.30. The highest BCUT2D eigenvalue weighted by molar-refractivity contribution is 7.13. The molecule has 106 valence electrons. The molecule has 0 aliphatic heterocycles. The van der Waals surface area contributed by atoms with Crippen molar-refractivity contribution in [3.05, 3.63) is 53.4 Å². The van der Waals surface area contributed by atoms with Crippen molar-refractivity contribution in [2.45, 2.75) is 13.3 Å². The van der Waals surface area contributed by atoms with Crippen molar-refractivity contribution in [2.75, 3.05) is 5.73 Å². The fraction of sp³-hybridized carbons (Fsp3) is 0.118. The van der Waals surface area contributed by atoms with Gasteiger partial charge in [-0.1, -0.05) is 37.3 Å². The number of hydrogen-bond donors (Lipinski definition) is 2. The van der Waals surface area contributed by atoms with Gasteiger partial charge in [0.1, 0.15) is 5.75 Å². The summed E-state index contributed by atoms with van der Waals surface area (Å²) in [5.41, 5.74) is 10.8. The molecule has 0 radical (unpaired) electrons. The molecule has 0 amide bonds. The highest BCUT2D eigenvalue weighted by Crippen LogP contribution is 2.29. The third-order valence-corrected chi connectivity index (χ3v) is 4.17. The van der Waals surface area contributed by atoms with E-state index in [1.54, 1.807) is 6.07 Å². The minimum atomic E-state index is 0.357. The summed E-state index contributed by atoms with van der Waals surface area (Å²) in [5, 5.41) is 12.3. The maximum absolute atomic E-state index is 9.76. The lowest BCUT2D eigenvalue weighted by atomic mass is 10.00. The Labute approximate surface area is 127 Å². The van der Waals surface area contributed by atoms with E-state index in [1.165, 1.54) is 11.3 Å². The smallest absolute Gasteiger partial charge is 0.180 e. The average molecular weight is 296 g/mol. The van der Waals surface area contributed by atoms with E-state index in [4.69, 9.17) is 5.73 Å². The number of aromatic hydroxyl groups is 1. The number of hydrogen-bond acceptors (Lipinski definition) is 4. The van der Waals surface area contributed by atoms with E-state index >= 15 is 0 Å². The molecular formula is C17H16N2OS. The lowest BCUT2D eigenvalue weighted by Crippen LogP contribution is -1.86. The van der Waals surface area contributed by atoms with Crippen molar-refractivity contribution in [1.29, 1.82) is 0 Å². The van der Waals surface area contributed by atoms with Gasteiger partial charge in [0.2, 0.25) is 0 Å². The number of nitrogens with zero attached hydrogens (tertiary/aromatic N) is 1. The Hall–Kier alpha value is -2.33. The summed E-state index contributed by atoms with van der Waals surface area (Å²) in [6.45, 7) is 2.04. The highest BCUT2D eigenvalue weighted by Gasteiger charge is 2.05. The first-order valence-corrected chi connectivity index (χ1v) is 7.69. The number of phenols is 1. The Morgan fingerprint density at radius 3 is 2.33 bits per heavy atom. The fourth-order valence-corrected chi connectivity index (χ4v) is 2.87. The monoisotopic (exact) mass is 296 g/mol. The molecule has 0 atom stereocenters. The summed E-state index contributed by atoms with van der Waals surface area (Å²) in [7, 11) is 0. The number of thiazole rings is 1. The van der Waals surface area contributed by atoms with Gasteiger partial charge in [0.05, 0.1) is 5.69 Å². The van der Waals surface area contributed by atoms with Crippen molar-refractivity contribution >= 4 is 16.5 Å². The van der Waals surface area contributed by atoms with Gasteiger partial charge in [-0.2, -0.15) is 0 Å². The Morgan fingerprint density at radius 2 is 1.71 bits per heavy atom. The second-order valence-corrected chi connectivity index (χ2v) is 5.74. The summed E-state index contributed by atoms with van der Waals surface area (Å²) in [6, 6.07) is 13.9. The van der Waals surface area contributed by atoms with E-state index in [0.717, 1.165) is 34.4 Å². The van der Waals surface area contributed by atoms with Gasteiger partial charge in [-0.05, 0) is 35.2 Å². The van der Waals surface area contributed by atoms with Gasteiger partial charge in [0, 0.05) is 10.9 Å². The van der Waals surface area contributed by atoms with Gasteiger partial charge < -0.3 is 10.8 Å². The summed E-state index contributed by atoms with van der Waals surface area (Å²) in [6.07, 6.45) is 0.815. The van der Waals surface area contributed by atoms with Crippen LogP contribution in [0.3, 0.4) is 0 Å². The van der Waals surface area contributed by atoms with Crippen molar-refractivity contribution in [3.8, 4) is 28.1 Å². The molecule has 0 saturated carbocycles. The Bertz CT molecular complexity index is 763. The molecule has 2 aromatic carbocycles. The number of nitrogens with two attached hydrogens (primary N) is 1. The molecule has 1 aromatic heterocycles. The lowest BCUT2D eigenvalue weighted by Gasteiger charge is -2.07. The van der Waals surface area contributed by atoms with Crippen LogP contribution in [0, 0.1) is 0 Å². The van der Waals surface area contributed by atoms with Gasteiger partial charge in [-0.25, -0.2) is 4.98 Å². The maximum atomic E-state index is 9.76. The summed E-state index contributed by atoms with van der Waals surface area (Å²) in [5.74, 6) is 0.357. The molecule has 0 fully saturated rings. The van der Waals surface area contributed by atoms with Crippen LogP contribution in [0.1, 0.15) is 12.5 Å². The zero-order chi connectivity index (χ0) is 14.8. The van der Waals surface area contributed by atoms with Gasteiger partial charge >= 0.3 is 0 Å². The molecule has 3 aromatic rings. The number of aryl methyl sites for hydroxylation is 1. The molecule has 3 N–H and O–H groups in total. The third-order valence-electron chi connectivity index (χ3n) is 3.50. The van der Waals surface area contributed by atoms with E-state index < -0.39 is 0 Å². The molecule has 0 aliphatic carbocycles. The Balaban J connectivity index is 1.94. The van der Waals surface area contributed by atoms with Gasteiger partial charge in [0.25, 0.3) is 0 Å². The molecule has 0 spiro atoms. The van der Waals surface area contributed by atoms with Crippen LogP contribution in [-0.4, -0.2) is 10.1 Å². The van der Waals surface area contributed by atoms with Crippen LogP contribution in [0.15, 0.2) is 47.8 Å². The summed E-state index contributed by atoms with van der Waals surface area (Å²) in [4.78, 5) is 4.29. The molecule has 0 saturated heterocycles. The van der Waals surface area contributed by atoms with E-state index in [-0.39, 0.29) is 0 Å². The van der Waals surface area contributed by atoms with Gasteiger partial charge in [0.15, 0.2) is 5.13 Å². The molecule has 4 heteroatoms. The number of benzene rings is 2. The SMILES string of the molecule is CCc1cc(-c2ccc(-c3csc(N)n3)cc2)ccc1O. The predicted octanol–water partition coefficient (Wildman–Crippen LogP) is 4.33. The van der Waals surface area contributed by atoms with E-state index in [0.29, 0.717) is 10.9 Å². The lowest BCUT2D eigenvalue weighted by molar-refractivity contribution is 0.469. The van der Waals surface area contributed by atoms with Gasteiger partial charge in [-0.3, -0.25) is 0 Å². The van der Waals surface area contributed by atoms with Crippen LogP contribution in [-0.2, 0) is 6.42 Å². The van der Waals surface area contributed by atoms with Crippen molar-refractivity contribution in [3.63, 3.8) is 0 Å². The second kappa shape index (κ2) is 5.58. The quantitative estimate of drug-likeness (QED) is 0.756. The highest BCUT2D eigenvalue weighted by atomic mass is 32.1. The van der Waals surface area contributed by atoms with E-state index in [9.17, 15) is 5.11 Å². The number of nitrogen functional groups attached to an aromatic ring is 1. The average Bonchev–Trinajstić information content (AvgIpc) is 2.94. The van der Waals surface area contributed by atoms with Crippen molar-refractivity contribution < 1.29 is 5.11 Å². The first kappa shape index (κ1) is 13.6. The number of phenolic OH excluding ortho intramolecular Hbond substituents is 1. The number of anilines is 1. The Morgan fingerprint density at radius 1 is 1.05 bits per heavy atom. The van der Waals surface area contributed by atoms with Crippen LogP contribution in [0.25, 0.3) is 22.4 Å². The van der Waals surface area contributed by atoms with Crippen LogP contribution < -0.4 is 5.73 Å². The van der Waals surface area contributed by atoms with Crippen molar-refractivity contribution in [2.24, 2.45) is 0 Å². The summed E-state index contributed by atoms with van der Waals surface area (Å²) < 4.78 is 0. The first-order valence-electron chi connectivity index (χ1n) is 6.81. The van der Waals surface area contributed by atoms with Gasteiger partial charge in [-0.15, -0.1) is 11.3 Å². The minimum Gasteiger partial charge on any atom is -0.508 e. The second-order valence-electron chi connectivity index (χ2n) is 4.85. The van der Waals surface area contributed by atoms with Crippen molar-refractivity contribution in [1.82, 2.24) is 4.98 Å². The van der Waals surface area contributed by atoms with Crippen LogP contribution in [0.2, 0.25) is 0 Å². The standard InChI is InChI=1S/C17H16N2OS/c1-2-11-9-14(7-8-16(11)20)12-3-5-13(6-4-12)15-10-21-17(18)19-15/h3-10,20H,2H2,1H3,(H2,18,19). The number of aromatic nitrogens is 1. The zero-order valence-electron chi connectivity index (χ0n) is 11.7. The Kier molecular flexibility index (Phi) is 3.62. The molecule has 3 rings (SSSR count). The molecule has 3 nitrogen and oxygen atoms in total. The van der Waals surface area contributed by atoms with E-state index in [1.807, 2.05) is 36.6 Å². The topological polar surface area (TPSA) is 59.1 Å². The summed E-state index contributed by atoms with van der Waals surface area (Å²) >= 11 is 1.45. The molecule has 0 bridgehead atoms. The third kappa shape index (κ3) is 2.76. The molecular weight excluding hydrogens is 280 g/mol. The zero-order valence-corrected chi connectivity index (χ0v) is 12.5. The maximum Gasteiger partial charge on any atom is 0.180 e. The minimum absolute atomic E-state index is 0.357. The molecule has 21 heavy (non-hydrogen) atoms.